The molecular weight excluding hydrogens is 280 g/mol. The second-order valence-electron chi connectivity index (χ2n) is 6.13. The van der Waals surface area contributed by atoms with E-state index in [9.17, 15) is 9.59 Å². The van der Waals surface area contributed by atoms with E-state index < -0.39 is 0 Å². The van der Waals surface area contributed by atoms with Crippen molar-refractivity contribution in [2.75, 3.05) is 13.1 Å². The van der Waals surface area contributed by atoms with Crippen molar-refractivity contribution in [3.63, 3.8) is 0 Å². The van der Waals surface area contributed by atoms with Gasteiger partial charge in [0.05, 0.1) is 0 Å². The SMILES string of the molecule is O=C(Cn1nc2ccccn2c1=O)N1CC2CC=CCC2C1. The van der Waals surface area contributed by atoms with Crippen LogP contribution in [0, 0.1) is 11.8 Å². The van der Waals surface area contributed by atoms with Gasteiger partial charge in [-0.3, -0.25) is 9.20 Å². The number of allylic oxidation sites excluding steroid dienone is 2. The molecule has 1 saturated heterocycles. The van der Waals surface area contributed by atoms with E-state index in [2.05, 4.69) is 17.3 Å². The number of carbonyl (C=O) groups is 1. The lowest BCUT2D eigenvalue weighted by Gasteiger charge is -2.17. The molecule has 0 bridgehead atoms. The van der Waals surface area contributed by atoms with E-state index in [0.717, 1.165) is 25.9 Å². The third-order valence-electron chi connectivity index (χ3n) is 4.75. The molecule has 114 valence electrons. The monoisotopic (exact) mass is 298 g/mol. The van der Waals surface area contributed by atoms with Crippen molar-refractivity contribution >= 4 is 11.6 Å². The highest BCUT2D eigenvalue weighted by Gasteiger charge is 2.35. The summed E-state index contributed by atoms with van der Waals surface area (Å²) in [5.74, 6) is 1.14. The Labute approximate surface area is 127 Å². The van der Waals surface area contributed by atoms with Crippen molar-refractivity contribution in [3.05, 3.63) is 47.0 Å². The zero-order chi connectivity index (χ0) is 15.1. The zero-order valence-electron chi connectivity index (χ0n) is 12.3. The lowest BCUT2D eigenvalue weighted by Crippen LogP contribution is -2.35. The zero-order valence-corrected chi connectivity index (χ0v) is 12.3. The maximum absolute atomic E-state index is 12.5. The van der Waals surface area contributed by atoms with Crippen molar-refractivity contribution in [1.29, 1.82) is 0 Å². The Bertz CT molecular complexity index is 788. The van der Waals surface area contributed by atoms with Crippen LogP contribution < -0.4 is 5.69 Å². The van der Waals surface area contributed by atoms with Gasteiger partial charge in [-0.25, -0.2) is 9.48 Å². The van der Waals surface area contributed by atoms with Gasteiger partial charge in [0, 0.05) is 19.3 Å². The average Bonchev–Trinajstić information content (AvgIpc) is 3.10. The first-order valence-electron chi connectivity index (χ1n) is 7.69. The Hall–Kier alpha value is -2.37. The van der Waals surface area contributed by atoms with E-state index in [1.165, 1.54) is 9.08 Å². The summed E-state index contributed by atoms with van der Waals surface area (Å²) < 4.78 is 2.72. The topological polar surface area (TPSA) is 59.6 Å². The largest absolute Gasteiger partial charge is 0.350 e. The highest BCUT2D eigenvalue weighted by atomic mass is 16.2. The first-order chi connectivity index (χ1) is 10.7. The van der Waals surface area contributed by atoms with Gasteiger partial charge < -0.3 is 4.90 Å². The highest BCUT2D eigenvalue weighted by Crippen LogP contribution is 2.32. The van der Waals surface area contributed by atoms with Crippen LogP contribution in [0.3, 0.4) is 0 Å². The first-order valence-corrected chi connectivity index (χ1v) is 7.69. The van der Waals surface area contributed by atoms with E-state index >= 15 is 0 Å². The quantitative estimate of drug-likeness (QED) is 0.775. The van der Waals surface area contributed by atoms with Gasteiger partial charge in [-0.1, -0.05) is 18.2 Å². The van der Waals surface area contributed by atoms with Gasteiger partial charge in [-0.05, 0) is 36.8 Å². The second-order valence-corrected chi connectivity index (χ2v) is 6.13. The number of fused-ring (bicyclic) bond motifs is 2. The van der Waals surface area contributed by atoms with Crippen LogP contribution in [-0.2, 0) is 11.3 Å². The molecule has 0 spiro atoms. The van der Waals surface area contributed by atoms with Crippen LogP contribution in [-0.4, -0.2) is 38.1 Å². The Kier molecular flexibility index (Phi) is 3.10. The van der Waals surface area contributed by atoms with Gasteiger partial charge >= 0.3 is 5.69 Å². The molecule has 2 aliphatic rings. The molecule has 0 radical (unpaired) electrons. The molecule has 2 atom stereocenters. The molecule has 1 aliphatic carbocycles. The van der Waals surface area contributed by atoms with Crippen molar-refractivity contribution in [3.8, 4) is 0 Å². The fourth-order valence-corrected chi connectivity index (χ4v) is 3.52. The normalized spacial score (nSPS) is 23.9. The molecule has 4 rings (SSSR count). The Balaban J connectivity index is 1.52. The van der Waals surface area contributed by atoms with Gasteiger partial charge in [-0.2, -0.15) is 0 Å². The third-order valence-corrected chi connectivity index (χ3v) is 4.75. The van der Waals surface area contributed by atoms with Gasteiger partial charge in [0.25, 0.3) is 0 Å². The molecule has 2 aromatic rings. The summed E-state index contributed by atoms with van der Waals surface area (Å²) in [6, 6.07) is 5.37. The van der Waals surface area contributed by atoms with E-state index in [1.807, 2.05) is 11.0 Å². The fourth-order valence-electron chi connectivity index (χ4n) is 3.52. The molecule has 6 nitrogen and oxygen atoms in total. The lowest BCUT2D eigenvalue weighted by atomic mass is 9.86. The summed E-state index contributed by atoms with van der Waals surface area (Å²) >= 11 is 0. The number of likely N-dealkylation sites (tertiary alicyclic amines) is 1. The fraction of sp³-hybridized carbons (Fsp3) is 0.438. The summed E-state index contributed by atoms with van der Waals surface area (Å²) in [7, 11) is 0. The van der Waals surface area contributed by atoms with Crippen LogP contribution in [0.2, 0.25) is 0 Å². The lowest BCUT2D eigenvalue weighted by molar-refractivity contribution is -0.131. The van der Waals surface area contributed by atoms with Gasteiger partial charge in [-0.15, -0.1) is 5.10 Å². The summed E-state index contributed by atoms with van der Waals surface area (Å²) in [4.78, 5) is 26.6. The molecule has 1 amide bonds. The summed E-state index contributed by atoms with van der Waals surface area (Å²) in [6.07, 6.45) is 8.21. The standard InChI is InChI=1S/C16H18N4O2/c21-15(18-9-12-5-1-2-6-13(12)10-18)11-20-16(22)19-8-4-3-7-14(19)17-20/h1-4,7-8,12-13H,5-6,9-11H2. The Morgan fingerprint density at radius 2 is 1.91 bits per heavy atom. The highest BCUT2D eigenvalue weighted by molar-refractivity contribution is 5.76. The maximum atomic E-state index is 12.5. The number of amides is 1. The minimum Gasteiger partial charge on any atom is -0.340 e. The van der Waals surface area contributed by atoms with Crippen LogP contribution in [0.1, 0.15) is 12.8 Å². The molecule has 3 heterocycles. The van der Waals surface area contributed by atoms with Crippen molar-refractivity contribution in [2.45, 2.75) is 19.4 Å². The molecular formula is C16H18N4O2. The maximum Gasteiger partial charge on any atom is 0.350 e. The second kappa shape index (κ2) is 5.12. The Morgan fingerprint density at radius 3 is 2.59 bits per heavy atom. The minimum atomic E-state index is -0.262. The third kappa shape index (κ3) is 2.15. The molecule has 0 N–H and O–H groups in total. The van der Waals surface area contributed by atoms with Gasteiger partial charge in [0.1, 0.15) is 6.54 Å². The molecule has 0 aromatic carbocycles. The van der Waals surface area contributed by atoms with Gasteiger partial charge in [0.15, 0.2) is 5.65 Å². The van der Waals surface area contributed by atoms with E-state index in [-0.39, 0.29) is 18.1 Å². The number of pyridine rings is 1. The Morgan fingerprint density at radius 1 is 1.18 bits per heavy atom. The number of aromatic nitrogens is 3. The molecule has 2 unspecified atom stereocenters. The minimum absolute atomic E-state index is 0.0140. The van der Waals surface area contributed by atoms with Crippen LogP contribution in [0.5, 0.6) is 0 Å². The predicted molar refractivity (Wildman–Crippen MR) is 81.4 cm³/mol. The van der Waals surface area contributed by atoms with Crippen molar-refractivity contribution in [2.24, 2.45) is 11.8 Å². The number of hydrogen-bond donors (Lipinski definition) is 0. The molecule has 1 fully saturated rings. The van der Waals surface area contributed by atoms with Crippen LogP contribution in [0.4, 0.5) is 0 Å². The van der Waals surface area contributed by atoms with E-state index in [1.54, 1.807) is 18.3 Å². The van der Waals surface area contributed by atoms with E-state index in [0.29, 0.717) is 17.5 Å². The van der Waals surface area contributed by atoms with Crippen LogP contribution >= 0.6 is 0 Å². The summed E-state index contributed by atoms with van der Waals surface area (Å²) in [5, 5.41) is 4.22. The number of carbonyl (C=O) groups excluding carboxylic acids is 1. The molecule has 2 aromatic heterocycles. The summed E-state index contributed by atoms with van der Waals surface area (Å²) in [5.41, 5.74) is 0.307. The van der Waals surface area contributed by atoms with Crippen LogP contribution in [0.25, 0.3) is 5.65 Å². The number of hydrogen-bond acceptors (Lipinski definition) is 3. The first kappa shape index (κ1) is 13.3. The molecule has 6 heteroatoms. The van der Waals surface area contributed by atoms with Crippen molar-refractivity contribution < 1.29 is 4.79 Å². The molecule has 1 aliphatic heterocycles. The summed E-state index contributed by atoms with van der Waals surface area (Å²) in [6.45, 7) is 1.62. The van der Waals surface area contributed by atoms with Gasteiger partial charge in [0.2, 0.25) is 5.91 Å². The average molecular weight is 298 g/mol. The van der Waals surface area contributed by atoms with E-state index in [4.69, 9.17) is 0 Å². The van der Waals surface area contributed by atoms with Crippen molar-refractivity contribution in [1.82, 2.24) is 19.1 Å². The molecule has 0 saturated carbocycles. The van der Waals surface area contributed by atoms with Crippen LogP contribution in [0.15, 0.2) is 41.3 Å². The number of rotatable bonds is 2. The predicted octanol–water partition coefficient (Wildman–Crippen LogP) is 0.921. The number of nitrogens with zero attached hydrogens (tertiary/aromatic N) is 4. The smallest absolute Gasteiger partial charge is 0.340 e. The molecule has 22 heavy (non-hydrogen) atoms.